The standard InChI is InChI=1S/C19H12F3N3O3S2/c20-19(21,22)12-5-3-11(4-6-12)17-24-15(28-25-17)9-27-16(26)8-13-10-30-18(23-13)14-2-1-7-29-14/h1-7,10H,8-9H2. The molecule has 11 heteroatoms. The topological polar surface area (TPSA) is 78.1 Å². The van der Waals surface area contributed by atoms with Gasteiger partial charge in [0, 0.05) is 10.9 Å². The lowest BCUT2D eigenvalue weighted by atomic mass is 10.1. The summed E-state index contributed by atoms with van der Waals surface area (Å²) in [6.45, 7) is -0.242. The zero-order valence-corrected chi connectivity index (χ0v) is 16.7. The van der Waals surface area contributed by atoms with Crippen LogP contribution in [-0.2, 0) is 28.7 Å². The van der Waals surface area contributed by atoms with Gasteiger partial charge in [-0.1, -0.05) is 23.4 Å². The number of thiophene rings is 1. The van der Waals surface area contributed by atoms with E-state index in [0.717, 1.165) is 22.0 Å². The summed E-state index contributed by atoms with van der Waals surface area (Å²) in [5.74, 6) is -0.363. The van der Waals surface area contributed by atoms with Gasteiger partial charge in [-0.15, -0.1) is 22.7 Å². The molecule has 4 rings (SSSR count). The molecule has 0 aliphatic rings. The van der Waals surface area contributed by atoms with Gasteiger partial charge in [0.2, 0.25) is 5.82 Å². The molecule has 0 aliphatic carbocycles. The fourth-order valence-corrected chi connectivity index (χ4v) is 4.12. The summed E-state index contributed by atoms with van der Waals surface area (Å²) >= 11 is 3.01. The second-order valence-electron chi connectivity index (χ2n) is 6.05. The average Bonchev–Trinajstić information content (AvgIpc) is 3.47. The van der Waals surface area contributed by atoms with Gasteiger partial charge in [-0.3, -0.25) is 4.79 Å². The number of esters is 1. The van der Waals surface area contributed by atoms with Gasteiger partial charge < -0.3 is 9.26 Å². The Kier molecular flexibility index (Phi) is 5.64. The Bertz CT molecular complexity index is 1140. The average molecular weight is 451 g/mol. The maximum absolute atomic E-state index is 12.6. The van der Waals surface area contributed by atoms with E-state index in [1.54, 1.807) is 16.7 Å². The second-order valence-corrected chi connectivity index (χ2v) is 7.85. The molecule has 0 saturated heterocycles. The molecule has 4 aromatic rings. The monoisotopic (exact) mass is 451 g/mol. The maximum atomic E-state index is 12.6. The van der Waals surface area contributed by atoms with E-state index in [2.05, 4.69) is 15.1 Å². The molecule has 30 heavy (non-hydrogen) atoms. The van der Waals surface area contributed by atoms with Crippen LogP contribution in [0.3, 0.4) is 0 Å². The van der Waals surface area contributed by atoms with Gasteiger partial charge >= 0.3 is 12.1 Å². The summed E-state index contributed by atoms with van der Waals surface area (Å²) in [5, 5.41) is 8.29. The van der Waals surface area contributed by atoms with E-state index < -0.39 is 17.7 Å². The van der Waals surface area contributed by atoms with Crippen molar-refractivity contribution in [1.82, 2.24) is 15.1 Å². The molecule has 0 radical (unpaired) electrons. The van der Waals surface area contributed by atoms with Crippen molar-refractivity contribution < 1.29 is 27.2 Å². The second kappa shape index (κ2) is 8.36. The lowest BCUT2D eigenvalue weighted by molar-refractivity contribution is -0.145. The Labute approximate surface area is 176 Å². The molecule has 0 atom stereocenters. The largest absolute Gasteiger partial charge is 0.455 e. The molecule has 0 bridgehead atoms. The number of nitrogens with zero attached hydrogens (tertiary/aromatic N) is 3. The molecular formula is C19H12F3N3O3S2. The number of benzene rings is 1. The summed E-state index contributed by atoms with van der Waals surface area (Å²) in [7, 11) is 0. The Morgan fingerprint density at radius 2 is 1.90 bits per heavy atom. The van der Waals surface area contributed by atoms with Gasteiger partial charge in [0.05, 0.1) is 22.6 Å². The minimum atomic E-state index is -4.42. The molecule has 1 aromatic carbocycles. The molecule has 6 nitrogen and oxygen atoms in total. The summed E-state index contributed by atoms with van der Waals surface area (Å²) in [4.78, 5) is 21.5. The Morgan fingerprint density at radius 1 is 1.10 bits per heavy atom. The number of rotatable bonds is 6. The summed E-state index contributed by atoms with van der Waals surface area (Å²) in [6.07, 6.45) is -4.42. The third-order valence-corrected chi connectivity index (χ3v) is 5.83. The number of thiazole rings is 1. The highest BCUT2D eigenvalue weighted by Gasteiger charge is 2.30. The van der Waals surface area contributed by atoms with Crippen LogP contribution >= 0.6 is 22.7 Å². The van der Waals surface area contributed by atoms with E-state index >= 15 is 0 Å². The molecule has 0 saturated carbocycles. The van der Waals surface area contributed by atoms with Crippen LogP contribution in [0.5, 0.6) is 0 Å². The van der Waals surface area contributed by atoms with Crippen LogP contribution in [0.25, 0.3) is 21.3 Å². The third-order valence-electron chi connectivity index (χ3n) is 3.90. The van der Waals surface area contributed by atoms with Crippen LogP contribution in [0.1, 0.15) is 17.1 Å². The van der Waals surface area contributed by atoms with Crippen molar-refractivity contribution in [3.8, 4) is 21.3 Å². The van der Waals surface area contributed by atoms with Crippen molar-refractivity contribution in [2.45, 2.75) is 19.2 Å². The minimum Gasteiger partial charge on any atom is -0.455 e. The molecule has 154 valence electrons. The summed E-state index contributed by atoms with van der Waals surface area (Å²) in [5.41, 5.74) is 0.186. The van der Waals surface area contributed by atoms with Gasteiger partial charge in [-0.05, 0) is 23.6 Å². The zero-order chi connectivity index (χ0) is 21.1. The number of carbonyl (C=O) groups is 1. The fraction of sp³-hybridized carbons (Fsp3) is 0.158. The van der Waals surface area contributed by atoms with Crippen molar-refractivity contribution in [1.29, 1.82) is 0 Å². The minimum absolute atomic E-state index is 0.00176. The van der Waals surface area contributed by atoms with E-state index in [9.17, 15) is 18.0 Å². The fourth-order valence-electron chi connectivity index (χ4n) is 2.48. The van der Waals surface area contributed by atoms with Crippen LogP contribution < -0.4 is 0 Å². The van der Waals surface area contributed by atoms with Crippen molar-refractivity contribution in [2.75, 3.05) is 0 Å². The first kappa shape index (κ1) is 20.2. The lowest BCUT2D eigenvalue weighted by Crippen LogP contribution is -2.08. The van der Waals surface area contributed by atoms with Gasteiger partial charge in [0.25, 0.3) is 5.89 Å². The lowest BCUT2D eigenvalue weighted by Gasteiger charge is -2.05. The molecule has 0 unspecified atom stereocenters. The molecule has 0 spiro atoms. The van der Waals surface area contributed by atoms with E-state index in [1.807, 2.05) is 17.5 Å². The van der Waals surface area contributed by atoms with Crippen molar-refractivity contribution >= 4 is 28.6 Å². The number of carbonyl (C=O) groups excluding carboxylic acids is 1. The smallest absolute Gasteiger partial charge is 0.416 e. The number of alkyl halides is 3. The Morgan fingerprint density at radius 3 is 2.60 bits per heavy atom. The highest BCUT2D eigenvalue weighted by molar-refractivity contribution is 7.20. The number of hydrogen-bond donors (Lipinski definition) is 0. The molecule has 0 amide bonds. The van der Waals surface area contributed by atoms with Crippen molar-refractivity contribution in [3.05, 3.63) is 64.3 Å². The van der Waals surface area contributed by atoms with Crippen molar-refractivity contribution in [2.24, 2.45) is 0 Å². The van der Waals surface area contributed by atoms with E-state index in [1.165, 1.54) is 23.5 Å². The highest BCUT2D eigenvalue weighted by atomic mass is 32.1. The van der Waals surface area contributed by atoms with Crippen molar-refractivity contribution in [3.63, 3.8) is 0 Å². The maximum Gasteiger partial charge on any atom is 0.416 e. The van der Waals surface area contributed by atoms with Gasteiger partial charge in [-0.25, -0.2) is 4.98 Å². The van der Waals surface area contributed by atoms with Gasteiger partial charge in [-0.2, -0.15) is 18.2 Å². The molecule has 0 N–H and O–H groups in total. The van der Waals surface area contributed by atoms with Crippen LogP contribution in [0, 0.1) is 0 Å². The van der Waals surface area contributed by atoms with E-state index in [4.69, 9.17) is 9.26 Å². The number of halogens is 3. The highest BCUT2D eigenvalue weighted by Crippen LogP contribution is 2.30. The number of ether oxygens (including phenoxy) is 1. The molecular weight excluding hydrogens is 439 g/mol. The van der Waals surface area contributed by atoms with Crippen LogP contribution in [-0.4, -0.2) is 21.1 Å². The van der Waals surface area contributed by atoms with E-state index in [0.29, 0.717) is 11.3 Å². The Hall–Kier alpha value is -3.05. The van der Waals surface area contributed by atoms with Crippen LogP contribution in [0.15, 0.2) is 51.7 Å². The van der Waals surface area contributed by atoms with Crippen LogP contribution in [0.2, 0.25) is 0 Å². The molecule has 3 heterocycles. The number of hydrogen-bond acceptors (Lipinski definition) is 8. The predicted octanol–water partition coefficient (Wildman–Crippen LogP) is 5.23. The Balaban J connectivity index is 1.32. The first-order valence-corrected chi connectivity index (χ1v) is 10.3. The SMILES string of the molecule is O=C(Cc1csc(-c2cccs2)n1)OCc1nc(-c2ccc(C(F)(F)F)cc2)no1. The van der Waals surface area contributed by atoms with Gasteiger partial charge in [0.1, 0.15) is 5.01 Å². The van der Waals surface area contributed by atoms with Crippen LogP contribution in [0.4, 0.5) is 13.2 Å². The third kappa shape index (κ3) is 4.74. The quantitative estimate of drug-likeness (QED) is 0.374. The number of aromatic nitrogens is 3. The van der Waals surface area contributed by atoms with Gasteiger partial charge in [0.15, 0.2) is 6.61 Å². The normalized spacial score (nSPS) is 11.6. The molecule has 3 aromatic heterocycles. The molecule has 0 fully saturated rings. The first-order chi connectivity index (χ1) is 14.4. The molecule has 0 aliphatic heterocycles. The summed E-state index contributed by atoms with van der Waals surface area (Å²) in [6, 6.07) is 8.25. The zero-order valence-electron chi connectivity index (χ0n) is 15.0. The predicted molar refractivity (Wildman–Crippen MR) is 104 cm³/mol. The van der Waals surface area contributed by atoms with E-state index in [-0.39, 0.29) is 24.7 Å². The summed E-state index contributed by atoms with van der Waals surface area (Å²) < 4.78 is 48.0. The first-order valence-electron chi connectivity index (χ1n) is 8.52.